The molecule has 23 heavy (non-hydrogen) atoms. The van der Waals surface area contributed by atoms with Crippen LogP contribution in [-0.2, 0) is 9.59 Å². The minimum Gasteiger partial charge on any atom is -0.495 e. The molecule has 1 aliphatic heterocycles. The number of hydrogen-bond donors (Lipinski definition) is 3. The lowest BCUT2D eigenvalue weighted by molar-refractivity contribution is -0.125. The fourth-order valence-corrected chi connectivity index (χ4v) is 2.70. The Morgan fingerprint density at radius 3 is 2.91 bits per heavy atom. The van der Waals surface area contributed by atoms with Gasteiger partial charge in [-0.25, -0.2) is 0 Å². The van der Waals surface area contributed by atoms with Crippen molar-refractivity contribution in [3.8, 4) is 5.75 Å². The maximum Gasteiger partial charge on any atom is 0.239 e. The molecule has 8 heteroatoms. The van der Waals surface area contributed by atoms with Crippen molar-refractivity contribution in [3.05, 3.63) is 23.2 Å². The second-order valence-corrected chi connectivity index (χ2v) is 5.73. The first-order valence-corrected chi connectivity index (χ1v) is 7.76. The summed E-state index contributed by atoms with van der Waals surface area (Å²) < 4.78 is 5.36. The minimum absolute atomic E-state index is 0.0148. The maximum absolute atomic E-state index is 11.8. The number of nitrogens with two attached hydrogens (primary N) is 1. The number of methoxy groups -OCH3 is 1. The molecule has 2 rings (SSSR count). The van der Waals surface area contributed by atoms with Crippen LogP contribution in [0.15, 0.2) is 18.2 Å². The van der Waals surface area contributed by atoms with E-state index in [9.17, 15) is 9.59 Å². The molecule has 4 N–H and O–H groups in total. The van der Waals surface area contributed by atoms with Crippen LogP contribution in [0.5, 0.6) is 5.75 Å². The van der Waals surface area contributed by atoms with Gasteiger partial charge in [0.05, 0.1) is 25.9 Å². The maximum atomic E-state index is 11.8. The molecule has 1 heterocycles. The smallest absolute Gasteiger partial charge is 0.239 e. The number of anilines is 1. The lowest BCUT2D eigenvalue weighted by atomic mass is 10.2. The van der Waals surface area contributed by atoms with Crippen LogP contribution in [0.4, 0.5) is 5.69 Å². The molecule has 2 amide bonds. The summed E-state index contributed by atoms with van der Waals surface area (Å²) in [6.07, 6.45) is 0.812. The average molecular weight is 341 g/mol. The first-order valence-electron chi connectivity index (χ1n) is 7.38. The second kappa shape index (κ2) is 8.03. The van der Waals surface area contributed by atoms with Crippen molar-refractivity contribution in [2.24, 2.45) is 5.73 Å². The van der Waals surface area contributed by atoms with Crippen molar-refractivity contribution in [1.82, 2.24) is 10.6 Å². The van der Waals surface area contributed by atoms with Crippen molar-refractivity contribution >= 4 is 29.1 Å². The molecule has 0 aromatic heterocycles. The molecule has 1 aromatic carbocycles. The number of carbonyl (C=O) groups is 2. The van der Waals surface area contributed by atoms with Crippen LogP contribution in [-0.4, -0.2) is 51.1 Å². The molecule has 0 radical (unpaired) electrons. The van der Waals surface area contributed by atoms with Gasteiger partial charge < -0.3 is 26.0 Å². The molecule has 1 aromatic rings. The van der Waals surface area contributed by atoms with E-state index in [2.05, 4.69) is 15.5 Å². The number of ether oxygens (including phenoxy) is 1. The first-order chi connectivity index (χ1) is 11.0. The zero-order valence-electron chi connectivity index (χ0n) is 13.0. The highest BCUT2D eigenvalue weighted by atomic mass is 35.5. The molecule has 1 fully saturated rings. The molecule has 1 aliphatic rings. The summed E-state index contributed by atoms with van der Waals surface area (Å²) >= 11 is 6.06. The van der Waals surface area contributed by atoms with Gasteiger partial charge in [0.2, 0.25) is 11.8 Å². The third-order valence-electron chi connectivity index (χ3n) is 3.67. The largest absolute Gasteiger partial charge is 0.495 e. The van der Waals surface area contributed by atoms with E-state index in [0.717, 1.165) is 24.4 Å². The van der Waals surface area contributed by atoms with Crippen molar-refractivity contribution in [3.63, 3.8) is 0 Å². The molecule has 0 aliphatic carbocycles. The van der Waals surface area contributed by atoms with E-state index in [-0.39, 0.29) is 30.9 Å². The normalized spacial score (nSPS) is 17.0. The van der Waals surface area contributed by atoms with E-state index < -0.39 is 0 Å². The Morgan fingerprint density at radius 1 is 1.43 bits per heavy atom. The number of benzene rings is 1. The summed E-state index contributed by atoms with van der Waals surface area (Å²) in [6.45, 7) is 1.26. The lowest BCUT2D eigenvalue weighted by Gasteiger charge is -2.21. The van der Waals surface area contributed by atoms with Crippen LogP contribution >= 0.6 is 11.6 Å². The second-order valence-electron chi connectivity index (χ2n) is 5.30. The summed E-state index contributed by atoms with van der Waals surface area (Å²) in [6, 6.07) is 5.47. The Labute approximate surface area is 140 Å². The van der Waals surface area contributed by atoms with E-state index in [1.165, 1.54) is 0 Å². The SMILES string of the molecule is COc1ccc(Cl)cc1N1CCC(NC(=O)CNC(=O)CN)C1. The molecular weight excluding hydrogens is 320 g/mol. The van der Waals surface area contributed by atoms with Gasteiger partial charge in [0.25, 0.3) is 0 Å². The van der Waals surface area contributed by atoms with Crippen molar-refractivity contribution in [2.75, 3.05) is 38.2 Å². The molecule has 0 bridgehead atoms. The van der Waals surface area contributed by atoms with E-state index >= 15 is 0 Å². The summed E-state index contributed by atoms with van der Waals surface area (Å²) in [5.74, 6) is 0.171. The zero-order valence-corrected chi connectivity index (χ0v) is 13.7. The van der Waals surface area contributed by atoms with Gasteiger partial charge in [-0.05, 0) is 24.6 Å². The Hall–Kier alpha value is -1.99. The van der Waals surface area contributed by atoms with Crippen LogP contribution < -0.4 is 26.0 Å². The summed E-state index contributed by atoms with van der Waals surface area (Å²) in [5.41, 5.74) is 6.08. The number of rotatable bonds is 6. The third-order valence-corrected chi connectivity index (χ3v) is 3.90. The van der Waals surface area contributed by atoms with Crippen LogP contribution in [0.2, 0.25) is 5.02 Å². The Kier molecular flexibility index (Phi) is 6.06. The van der Waals surface area contributed by atoms with Crippen LogP contribution in [0.25, 0.3) is 0 Å². The average Bonchev–Trinajstić information content (AvgIpc) is 3.00. The van der Waals surface area contributed by atoms with E-state index in [0.29, 0.717) is 11.6 Å². The fraction of sp³-hybridized carbons (Fsp3) is 0.467. The van der Waals surface area contributed by atoms with Gasteiger partial charge in [0, 0.05) is 24.2 Å². The molecule has 0 saturated carbocycles. The van der Waals surface area contributed by atoms with E-state index in [4.69, 9.17) is 22.1 Å². The fourth-order valence-electron chi connectivity index (χ4n) is 2.54. The molecule has 1 atom stereocenters. The highest BCUT2D eigenvalue weighted by molar-refractivity contribution is 6.30. The van der Waals surface area contributed by atoms with Gasteiger partial charge >= 0.3 is 0 Å². The monoisotopic (exact) mass is 340 g/mol. The Morgan fingerprint density at radius 2 is 2.22 bits per heavy atom. The Bertz CT molecular complexity index is 582. The van der Waals surface area contributed by atoms with Crippen molar-refractivity contribution < 1.29 is 14.3 Å². The number of amides is 2. The highest BCUT2D eigenvalue weighted by Gasteiger charge is 2.26. The van der Waals surface area contributed by atoms with Crippen LogP contribution in [0, 0.1) is 0 Å². The van der Waals surface area contributed by atoms with Crippen LogP contribution in [0.3, 0.4) is 0 Å². The van der Waals surface area contributed by atoms with Gasteiger partial charge in [0.15, 0.2) is 0 Å². The first kappa shape index (κ1) is 17.4. The molecular formula is C15H21ClN4O3. The van der Waals surface area contributed by atoms with E-state index in [1.54, 1.807) is 13.2 Å². The molecule has 1 unspecified atom stereocenters. The summed E-state index contributed by atoms with van der Waals surface area (Å²) in [4.78, 5) is 25.0. The number of carbonyl (C=O) groups excluding carboxylic acids is 2. The summed E-state index contributed by atoms with van der Waals surface area (Å²) in [7, 11) is 1.61. The van der Waals surface area contributed by atoms with Gasteiger partial charge in [-0.1, -0.05) is 11.6 Å². The topological polar surface area (TPSA) is 96.7 Å². The number of halogens is 1. The molecule has 0 spiro atoms. The minimum atomic E-state index is -0.350. The predicted octanol–water partition coefficient (Wildman–Crippen LogP) is 0.118. The number of nitrogens with zero attached hydrogens (tertiary/aromatic N) is 1. The molecule has 126 valence electrons. The van der Waals surface area contributed by atoms with Crippen LogP contribution in [0.1, 0.15) is 6.42 Å². The van der Waals surface area contributed by atoms with Gasteiger partial charge in [-0.2, -0.15) is 0 Å². The van der Waals surface area contributed by atoms with Gasteiger partial charge in [-0.15, -0.1) is 0 Å². The van der Waals surface area contributed by atoms with Crippen molar-refractivity contribution in [1.29, 1.82) is 0 Å². The predicted molar refractivity (Wildman–Crippen MR) is 88.8 cm³/mol. The standard InChI is InChI=1S/C15H21ClN4O3/c1-23-13-3-2-10(16)6-12(13)20-5-4-11(9-20)19-15(22)8-18-14(21)7-17/h2-3,6,11H,4-5,7-9,17H2,1H3,(H,18,21)(H,19,22). The third kappa shape index (κ3) is 4.74. The molecule has 7 nitrogen and oxygen atoms in total. The highest BCUT2D eigenvalue weighted by Crippen LogP contribution is 2.33. The van der Waals surface area contributed by atoms with Crippen molar-refractivity contribution in [2.45, 2.75) is 12.5 Å². The summed E-state index contributed by atoms with van der Waals surface area (Å²) in [5, 5.41) is 5.98. The number of nitrogens with one attached hydrogen (secondary N) is 2. The zero-order chi connectivity index (χ0) is 16.8. The number of hydrogen-bond acceptors (Lipinski definition) is 5. The quantitative estimate of drug-likeness (QED) is 0.683. The van der Waals surface area contributed by atoms with Gasteiger partial charge in [-0.3, -0.25) is 9.59 Å². The van der Waals surface area contributed by atoms with E-state index in [1.807, 2.05) is 12.1 Å². The lowest BCUT2D eigenvalue weighted by Crippen LogP contribution is -2.44. The van der Waals surface area contributed by atoms with Gasteiger partial charge in [0.1, 0.15) is 5.75 Å². The molecule has 1 saturated heterocycles. The Balaban J connectivity index is 1.90.